The minimum Gasteiger partial charge on any atom is -0.476 e. The summed E-state index contributed by atoms with van der Waals surface area (Å²) in [5.41, 5.74) is 5.75. The summed E-state index contributed by atoms with van der Waals surface area (Å²) in [5, 5.41) is 12.8. The molecule has 0 spiro atoms. The van der Waals surface area contributed by atoms with E-state index in [0.29, 0.717) is 10.1 Å². The first-order chi connectivity index (χ1) is 6.02. The molecule has 1 heterocycles. The van der Waals surface area contributed by atoms with Crippen LogP contribution in [0.4, 0.5) is 0 Å². The van der Waals surface area contributed by atoms with E-state index in [0.717, 1.165) is 0 Å². The van der Waals surface area contributed by atoms with Crippen LogP contribution < -0.4 is 5.73 Å². The Kier molecular flexibility index (Phi) is 3.26. The molecule has 3 N–H and O–H groups in total. The van der Waals surface area contributed by atoms with Crippen molar-refractivity contribution >= 4 is 28.6 Å². The lowest BCUT2D eigenvalue weighted by Crippen LogP contribution is -2.25. The van der Waals surface area contributed by atoms with Crippen LogP contribution in [0.25, 0.3) is 0 Å². The highest BCUT2D eigenvalue weighted by Gasteiger charge is 2.16. The van der Waals surface area contributed by atoms with Crippen molar-refractivity contribution in [1.29, 1.82) is 0 Å². The normalized spacial score (nSPS) is 12.8. The predicted molar refractivity (Wildman–Crippen MR) is 55.6 cm³/mol. The number of hydrogen-bond donors (Lipinski definition) is 2. The molecule has 1 rings (SSSR count). The van der Waals surface area contributed by atoms with E-state index in [1.807, 2.05) is 22.6 Å². The lowest BCUT2D eigenvalue weighted by molar-refractivity contribution is 0.0681. The van der Waals surface area contributed by atoms with Gasteiger partial charge in [0, 0.05) is 6.04 Å². The molecule has 5 nitrogen and oxygen atoms in total. The fourth-order valence-corrected chi connectivity index (χ4v) is 1.62. The highest BCUT2D eigenvalue weighted by Crippen LogP contribution is 2.11. The molecule has 0 fully saturated rings. The van der Waals surface area contributed by atoms with Gasteiger partial charge in [-0.25, -0.2) is 4.79 Å². The lowest BCUT2D eigenvalue weighted by atomic mass is 10.3. The number of nitrogens with zero attached hydrogens (tertiary/aromatic N) is 2. The van der Waals surface area contributed by atoms with Crippen molar-refractivity contribution in [3.8, 4) is 0 Å². The van der Waals surface area contributed by atoms with Crippen LogP contribution in [-0.2, 0) is 6.54 Å². The highest BCUT2D eigenvalue weighted by atomic mass is 127. The third-order valence-corrected chi connectivity index (χ3v) is 2.25. The van der Waals surface area contributed by atoms with Gasteiger partial charge in [-0.15, -0.1) is 0 Å². The number of rotatable bonds is 3. The standard InChI is InChI=1S/C7H10IN3O2/c1-4(9)3-11-6(7(12)13)5(8)2-10-11/h2,4H,3,9H2,1H3,(H,12,13). The average molecular weight is 295 g/mol. The Bertz CT molecular complexity index is 322. The van der Waals surface area contributed by atoms with Crippen molar-refractivity contribution in [1.82, 2.24) is 9.78 Å². The maximum absolute atomic E-state index is 10.8. The number of aromatic carboxylic acids is 1. The van der Waals surface area contributed by atoms with Gasteiger partial charge >= 0.3 is 5.97 Å². The summed E-state index contributed by atoms with van der Waals surface area (Å²) in [5.74, 6) is -0.970. The highest BCUT2D eigenvalue weighted by molar-refractivity contribution is 14.1. The van der Waals surface area contributed by atoms with E-state index in [9.17, 15) is 4.79 Å². The number of nitrogens with two attached hydrogens (primary N) is 1. The molecule has 0 aliphatic heterocycles. The molecule has 1 aromatic heterocycles. The molecular formula is C7H10IN3O2. The van der Waals surface area contributed by atoms with Gasteiger partial charge in [0.05, 0.1) is 16.3 Å². The molecule has 1 unspecified atom stereocenters. The van der Waals surface area contributed by atoms with Crippen molar-refractivity contribution in [2.75, 3.05) is 0 Å². The van der Waals surface area contributed by atoms with Gasteiger partial charge in [0.1, 0.15) is 0 Å². The smallest absolute Gasteiger partial charge is 0.355 e. The number of carboxylic acid groups (broad SMARTS) is 1. The quantitative estimate of drug-likeness (QED) is 0.797. The van der Waals surface area contributed by atoms with E-state index in [1.54, 1.807) is 6.92 Å². The Morgan fingerprint density at radius 1 is 1.92 bits per heavy atom. The molecule has 6 heteroatoms. The van der Waals surface area contributed by atoms with Gasteiger partial charge in [0.15, 0.2) is 5.69 Å². The zero-order chi connectivity index (χ0) is 10.0. The van der Waals surface area contributed by atoms with Crippen LogP contribution in [0.1, 0.15) is 17.4 Å². The largest absolute Gasteiger partial charge is 0.476 e. The van der Waals surface area contributed by atoms with Gasteiger partial charge in [-0.3, -0.25) is 4.68 Å². The molecule has 0 aliphatic rings. The molecule has 0 aromatic carbocycles. The summed E-state index contributed by atoms with van der Waals surface area (Å²) in [6, 6.07) is -0.103. The number of hydrogen-bond acceptors (Lipinski definition) is 3. The summed E-state index contributed by atoms with van der Waals surface area (Å²) in [4.78, 5) is 10.8. The molecule has 0 saturated heterocycles. The molecule has 13 heavy (non-hydrogen) atoms. The number of carboxylic acids is 1. The minimum absolute atomic E-state index is 0.103. The van der Waals surface area contributed by atoms with Crippen molar-refractivity contribution < 1.29 is 9.90 Å². The molecule has 0 bridgehead atoms. The van der Waals surface area contributed by atoms with Crippen LogP contribution in [0.15, 0.2) is 6.20 Å². The molecule has 0 radical (unpaired) electrons. The second-order valence-electron chi connectivity index (χ2n) is 2.81. The molecule has 72 valence electrons. The Balaban J connectivity index is 3.00. The van der Waals surface area contributed by atoms with Gasteiger partial charge in [-0.05, 0) is 29.5 Å². The van der Waals surface area contributed by atoms with Crippen molar-refractivity contribution in [2.24, 2.45) is 5.73 Å². The molecule has 0 amide bonds. The molecule has 1 aromatic rings. The zero-order valence-corrected chi connectivity index (χ0v) is 9.22. The van der Waals surface area contributed by atoms with Crippen molar-refractivity contribution in [3.05, 3.63) is 15.5 Å². The Morgan fingerprint density at radius 3 is 3.00 bits per heavy atom. The SMILES string of the molecule is CC(N)Cn1ncc(I)c1C(=O)O. The van der Waals surface area contributed by atoms with Crippen LogP contribution in [0.2, 0.25) is 0 Å². The van der Waals surface area contributed by atoms with Gasteiger partial charge in [-0.1, -0.05) is 0 Å². The fraction of sp³-hybridized carbons (Fsp3) is 0.429. The summed E-state index contributed by atoms with van der Waals surface area (Å²) in [6.07, 6.45) is 1.52. The molecule has 1 atom stereocenters. The van der Waals surface area contributed by atoms with E-state index >= 15 is 0 Å². The number of aromatic nitrogens is 2. The molecular weight excluding hydrogens is 285 g/mol. The van der Waals surface area contributed by atoms with Gasteiger partial charge in [0.25, 0.3) is 0 Å². The summed E-state index contributed by atoms with van der Waals surface area (Å²) < 4.78 is 2.04. The summed E-state index contributed by atoms with van der Waals surface area (Å²) >= 11 is 1.94. The van der Waals surface area contributed by atoms with Crippen molar-refractivity contribution in [2.45, 2.75) is 19.5 Å². The number of halogens is 1. The van der Waals surface area contributed by atoms with Gasteiger partial charge < -0.3 is 10.8 Å². The predicted octanol–water partition coefficient (Wildman–Crippen LogP) is 0.533. The molecule has 0 aliphatic carbocycles. The fourth-order valence-electron chi connectivity index (χ4n) is 0.986. The maximum atomic E-state index is 10.8. The van der Waals surface area contributed by atoms with E-state index < -0.39 is 5.97 Å². The third-order valence-electron chi connectivity index (χ3n) is 1.46. The zero-order valence-electron chi connectivity index (χ0n) is 7.07. The number of carbonyl (C=O) groups is 1. The summed E-state index contributed by atoms with van der Waals surface area (Å²) in [6.45, 7) is 2.23. The van der Waals surface area contributed by atoms with Crippen molar-refractivity contribution in [3.63, 3.8) is 0 Å². The van der Waals surface area contributed by atoms with E-state index in [1.165, 1.54) is 10.9 Å². The van der Waals surface area contributed by atoms with E-state index in [4.69, 9.17) is 10.8 Å². The van der Waals surface area contributed by atoms with Crippen LogP contribution in [0, 0.1) is 3.57 Å². The first-order valence-electron chi connectivity index (χ1n) is 3.72. The second kappa shape index (κ2) is 4.05. The maximum Gasteiger partial charge on any atom is 0.355 e. The topological polar surface area (TPSA) is 81.1 Å². The third kappa shape index (κ3) is 2.41. The second-order valence-corrected chi connectivity index (χ2v) is 3.97. The van der Waals surface area contributed by atoms with Crippen LogP contribution in [0.3, 0.4) is 0 Å². The lowest BCUT2D eigenvalue weighted by Gasteiger charge is -2.06. The first kappa shape index (κ1) is 10.5. The summed E-state index contributed by atoms with van der Waals surface area (Å²) in [7, 11) is 0. The van der Waals surface area contributed by atoms with E-state index in [2.05, 4.69) is 5.10 Å². The Labute approximate surface area is 89.1 Å². The van der Waals surface area contributed by atoms with Crippen LogP contribution in [-0.4, -0.2) is 26.9 Å². The molecule has 0 saturated carbocycles. The minimum atomic E-state index is -0.970. The Morgan fingerprint density at radius 2 is 2.54 bits per heavy atom. The first-order valence-corrected chi connectivity index (χ1v) is 4.80. The van der Waals surface area contributed by atoms with Gasteiger partial charge in [-0.2, -0.15) is 5.10 Å². The monoisotopic (exact) mass is 295 g/mol. The Hall–Kier alpha value is -0.630. The van der Waals surface area contributed by atoms with Gasteiger partial charge in [0.2, 0.25) is 0 Å². The van der Waals surface area contributed by atoms with E-state index in [-0.39, 0.29) is 11.7 Å². The van der Waals surface area contributed by atoms with Crippen LogP contribution in [0.5, 0.6) is 0 Å². The average Bonchev–Trinajstić information content (AvgIpc) is 2.30. The van der Waals surface area contributed by atoms with Crippen LogP contribution >= 0.6 is 22.6 Å².